The SMILES string of the molecule is CN(C)CCCNC(=O)C1(F)C(F)(F)C(F)(F)C(F)(F)C(F)(F)C1(F)F. The molecule has 1 aliphatic rings. The number of nitrogens with one attached hydrogen (secondary N) is 1. The molecular weight excluding hydrogens is 397 g/mol. The Labute approximate surface area is 139 Å². The van der Waals surface area contributed by atoms with Crippen molar-refractivity contribution in [1.29, 1.82) is 0 Å². The second-order valence-electron chi connectivity index (χ2n) is 5.94. The van der Waals surface area contributed by atoms with Gasteiger partial charge < -0.3 is 10.2 Å². The Morgan fingerprint density at radius 3 is 1.42 bits per heavy atom. The highest BCUT2D eigenvalue weighted by Gasteiger charge is 3.02. The first-order chi connectivity index (χ1) is 11.3. The fraction of sp³-hybridized carbons (Fsp3) is 0.917. The molecule has 0 atom stereocenters. The first kappa shape index (κ1) is 22.7. The Morgan fingerprint density at radius 2 is 1.08 bits per heavy atom. The number of alkyl halides is 11. The van der Waals surface area contributed by atoms with Crippen LogP contribution in [0.5, 0.6) is 0 Å². The van der Waals surface area contributed by atoms with Crippen LogP contribution in [0.2, 0.25) is 0 Å². The minimum absolute atomic E-state index is 0.0801. The average molecular weight is 410 g/mol. The number of carbonyl (C=O) groups is 1. The lowest BCUT2D eigenvalue weighted by atomic mass is 9.71. The largest absolute Gasteiger partial charge is 0.384 e. The second kappa shape index (κ2) is 6.09. The van der Waals surface area contributed by atoms with Crippen LogP contribution in [0.1, 0.15) is 6.42 Å². The zero-order valence-electron chi connectivity index (χ0n) is 13.1. The van der Waals surface area contributed by atoms with Crippen LogP contribution in [-0.2, 0) is 4.79 Å². The predicted molar refractivity (Wildman–Crippen MR) is 64.8 cm³/mol. The number of rotatable bonds is 5. The van der Waals surface area contributed by atoms with Crippen LogP contribution < -0.4 is 5.32 Å². The molecule has 0 aliphatic heterocycles. The summed E-state index contributed by atoms with van der Waals surface area (Å²) in [6.07, 6.45) is -0.199. The normalized spacial score (nSPS) is 27.2. The molecule has 1 fully saturated rings. The number of halogens is 11. The van der Waals surface area contributed by atoms with E-state index in [9.17, 15) is 53.1 Å². The van der Waals surface area contributed by atoms with Crippen LogP contribution in [-0.4, -0.2) is 73.3 Å². The van der Waals surface area contributed by atoms with Gasteiger partial charge in [-0.15, -0.1) is 0 Å². The Bertz CT molecular complexity index is 531. The van der Waals surface area contributed by atoms with E-state index in [0.29, 0.717) is 0 Å². The molecule has 1 aliphatic carbocycles. The van der Waals surface area contributed by atoms with Crippen molar-refractivity contribution in [3.63, 3.8) is 0 Å². The number of hydrogen-bond donors (Lipinski definition) is 1. The van der Waals surface area contributed by atoms with E-state index in [4.69, 9.17) is 0 Å². The lowest BCUT2D eigenvalue weighted by Crippen LogP contribution is -2.86. The zero-order chi connectivity index (χ0) is 21.0. The fourth-order valence-electron chi connectivity index (χ4n) is 2.23. The maximum absolute atomic E-state index is 14.2. The quantitative estimate of drug-likeness (QED) is 0.559. The third-order valence-corrected chi connectivity index (χ3v) is 3.82. The van der Waals surface area contributed by atoms with Gasteiger partial charge in [-0.05, 0) is 27.1 Å². The van der Waals surface area contributed by atoms with Gasteiger partial charge in [0.25, 0.3) is 5.91 Å². The summed E-state index contributed by atoms with van der Waals surface area (Å²) < 4.78 is 147. The van der Waals surface area contributed by atoms with Crippen molar-refractivity contribution >= 4 is 5.91 Å². The highest BCUT2D eigenvalue weighted by molar-refractivity contribution is 5.88. The molecule has 1 amide bonds. The molecule has 1 saturated carbocycles. The fourth-order valence-corrected chi connectivity index (χ4v) is 2.23. The van der Waals surface area contributed by atoms with Gasteiger partial charge in [-0.1, -0.05) is 0 Å². The molecule has 14 heteroatoms. The summed E-state index contributed by atoms with van der Waals surface area (Å²) in [7, 11) is 2.95. The van der Waals surface area contributed by atoms with E-state index in [0.717, 1.165) is 5.32 Å². The van der Waals surface area contributed by atoms with Crippen molar-refractivity contribution in [1.82, 2.24) is 10.2 Å². The summed E-state index contributed by atoms with van der Waals surface area (Å²) >= 11 is 0. The lowest BCUT2D eigenvalue weighted by Gasteiger charge is -2.51. The molecule has 1 N–H and O–H groups in total. The van der Waals surface area contributed by atoms with Crippen molar-refractivity contribution in [2.24, 2.45) is 0 Å². The van der Waals surface area contributed by atoms with Gasteiger partial charge in [0.05, 0.1) is 0 Å². The van der Waals surface area contributed by atoms with Gasteiger partial charge in [-0.2, -0.15) is 43.9 Å². The molecule has 0 aromatic carbocycles. The number of hydrogen-bond acceptors (Lipinski definition) is 2. The Hall–Kier alpha value is -1.34. The standard InChI is InChI=1S/C12H13F11N2O/c1-25(2)5-3-4-24-6(26)7(13)8(14,15)10(18,19)12(22,23)11(20,21)9(7,16)17/h3-5H2,1-2H3,(H,24,26). The molecule has 26 heavy (non-hydrogen) atoms. The molecular formula is C12H13F11N2O. The van der Waals surface area contributed by atoms with E-state index >= 15 is 0 Å². The van der Waals surface area contributed by atoms with Crippen LogP contribution >= 0.6 is 0 Å². The Kier molecular flexibility index (Phi) is 5.32. The van der Waals surface area contributed by atoms with Gasteiger partial charge >= 0.3 is 35.3 Å². The number of amides is 1. The summed E-state index contributed by atoms with van der Waals surface area (Å²) in [6, 6.07) is 0. The van der Waals surface area contributed by atoms with Gasteiger partial charge in [0.15, 0.2) is 0 Å². The number of nitrogens with zero attached hydrogens (tertiary/aromatic N) is 1. The summed E-state index contributed by atoms with van der Waals surface area (Å²) in [5.41, 5.74) is -6.62. The third-order valence-electron chi connectivity index (χ3n) is 3.82. The smallest absolute Gasteiger partial charge is 0.353 e. The molecule has 0 radical (unpaired) electrons. The Morgan fingerprint density at radius 1 is 0.731 bits per heavy atom. The lowest BCUT2D eigenvalue weighted by molar-refractivity contribution is -0.476. The zero-order valence-corrected chi connectivity index (χ0v) is 13.1. The summed E-state index contributed by atoms with van der Waals surface area (Å²) in [6.45, 7) is -0.765. The highest BCUT2D eigenvalue weighted by Crippen LogP contribution is 2.69. The minimum Gasteiger partial charge on any atom is -0.353 e. The molecule has 0 heterocycles. The van der Waals surface area contributed by atoms with Crippen molar-refractivity contribution in [2.45, 2.75) is 41.7 Å². The second-order valence-corrected chi connectivity index (χ2v) is 5.94. The van der Waals surface area contributed by atoms with Gasteiger partial charge in [0.1, 0.15) is 0 Å². The summed E-state index contributed by atoms with van der Waals surface area (Å²) in [5.74, 6) is -39.4. The number of carbonyl (C=O) groups excluding carboxylic acids is 1. The third kappa shape index (κ3) is 2.47. The van der Waals surface area contributed by atoms with Gasteiger partial charge in [0, 0.05) is 6.54 Å². The predicted octanol–water partition coefficient (Wildman–Crippen LogP) is 2.95. The maximum Gasteiger partial charge on any atom is 0.384 e. The van der Waals surface area contributed by atoms with E-state index in [1.807, 2.05) is 0 Å². The molecule has 3 nitrogen and oxygen atoms in total. The monoisotopic (exact) mass is 410 g/mol. The summed E-state index contributed by atoms with van der Waals surface area (Å²) in [5, 5.41) is 1.05. The first-order valence-electron chi connectivity index (χ1n) is 6.85. The molecule has 0 aromatic heterocycles. The van der Waals surface area contributed by atoms with E-state index in [1.54, 1.807) is 0 Å². The van der Waals surface area contributed by atoms with Crippen LogP contribution in [0.15, 0.2) is 0 Å². The van der Waals surface area contributed by atoms with Gasteiger partial charge in [0.2, 0.25) is 0 Å². The molecule has 154 valence electrons. The van der Waals surface area contributed by atoms with Gasteiger partial charge in [-0.3, -0.25) is 4.79 Å². The molecule has 0 unspecified atom stereocenters. The molecule has 1 rings (SSSR count). The maximum atomic E-state index is 14.2. The highest BCUT2D eigenvalue weighted by atomic mass is 19.4. The van der Waals surface area contributed by atoms with E-state index in [-0.39, 0.29) is 13.0 Å². The van der Waals surface area contributed by atoms with Crippen LogP contribution in [0.3, 0.4) is 0 Å². The first-order valence-corrected chi connectivity index (χ1v) is 6.85. The van der Waals surface area contributed by atoms with Crippen molar-refractivity contribution in [2.75, 3.05) is 27.2 Å². The van der Waals surface area contributed by atoms with E-state index < -0.39 is 47.7 Å². The van der Waals surface area contributed by atoms with Crippen molar-refractivity contribution < 1.29 is 53.1 Å². The van der Waals surface area contributed by atoms with E-state index in [2.05, 4.69) is 0 Å². The van der Waals surface area contributed by atoms with Crippen LogP contribution in [0.4, 0.5) is 48.3 Å². The Balaban J connectivity index is 3.39. The molecule has 0 aromatic rings. The molecule has 0 spiro atoms. The molecule has 0 saturated heterocycles. The summed E-state index contributed by atoms with van der Waals surface area (Å²) in [4.78, 5) is 12.8. The van der Waals surface area contributed by atoms with E-state index in [1.165, 1.54) is 19.0 Å². The van der Waals surface area contributed by atoms with Crippen molar-refractivity contribution in [3.8, 4) is 0 Å². The minimum atomic E-state index is -7.33. The molecule has 0 bridgehead atoms. The van der Waals surface area contributed by atoms with Gasteiger partial charge in [-0.25, -0.2) is 4.39 Å². The van der Waals surface area contributed by atoms with Crippen LogP contribution in [0, 0.1) is 0 Å². The van der Waals surface area contributed by atoms with Crippen LogP contribution in [0.25, 0.3) is 0 Å². The topological polar surface area (TPSA) is 32.3 Å². The van der Waals surface area contributed by atoms with Crippen molar-refractivity contribution in [3.05, 3.63) is 0 Å². The average Bonchev–Trinajstić information content (AvgIpc) is 2.48.